The number of hydrogen-bond donors (Lipinski definition) is 4. The summed E-state index contributed by atoms with van der Waals surface area (Å²) in [5.41, 5.74) is 11.4. The van der Waals surface area contributed by atoms with E-state index in [1.54, 1.807) is 12.4 Å². The van der Waals surface area contributed by atoms with E-state index in [2.05, 4.69) is 20.3 Å². The lowest BCUT2D eigenvalue weighted by Gasteiger charge is -2.08. The predicted octanol–water partition coefficient (Wildman–Crippen LogP) is 0.0979. The molecule has 0 saturated carbocycles. The molecule has 0 aromatic carbocycles. The van der Waals surface area contributed by atoms with Gasteiger partial charge in [0.1, 0.15) is 11.6 Å². The lowest BCUT2D eigenvalue weighted by atomic mass is 10.2. The van der Waals surface area contributed by atoms with Crippen LogP contribution in [0.2, 0.25) is 0 Å². The zero-order valence-corrected chi connectivity index (χ0v) is 8.97. The molecule has 0 aliphatic carbocycles. The Morgan fingerprint density at radius 1 is 1.47 bits per heavy atom. The summed E-state index contributed by atoms with van der Waals surface area (Å²) in [5, 5.41) is 2.96. The molecule has 0 aliphatic rings. The number of carbonyl (C=O) groups excluding carboxylic acids is 1. The maximum absolute atomic E-state index is 11.2. The summed E-state index contributed by atoms with van der Waals surface area (Å²) in [6, 6.07) is 1.49. The lowest BCUT2D eigenvalue weighted by Crippen LogP contribution is -2.16. The molecule has 0 atom stereocenters. The van der Waals surface area contributed by atoms with E-state index in [1.807, 2.05) is 0 Å². The first kappa shape index (κ1) is 10.9. The van der Waals surface area contributed by atoms with Crippen molar-refractivity contribution in [3.63, 3.8) is 0 Å². The van der Waals surface area contributed by atoms with Gasteiger partial charge in [-0.15, -0.1) is 0 Å². The Kier molecular flexibility index (Phi) is 2.91. The molecule has 0 radical (unpaired) electrons. The number of nitrogens with one attached hydrogen (secondary N) is 2. The van der Waals surface area contributed by atoms with Gasteiger partial charge in [0, 0.05) is 12.4 Å². The number of primary amides is 1. The Bertz CT molecular complexity index is 522. The Labute approximate surface area is 97.3 Å². The van der Waals surface area contributed by atoms with Gasteiger partial charge in [0.05, 0.1) is 24.0 Å². The molecule has 7 nitrogen and oxygen atoms in total. The summed E-state index contributed by atoms with van der Waals surface area (Å²) >= 11 is 0. The van der Waals surface area contributed by atoms with Crippen LogP contribution in [0.4, 0.5) is 11.5 Å². The molecule has 7 heteroatoms. The number of carbonyl (C=O) groups is 1. The Morgan fingerprint density at radius 2 is 2.29 bits per heavy atom. The topological polar surface area (TPSA) is 123 Å². The number of nitrogen functional groups attached to an aromatic ring is 1. The molecule has 2 aromatic heterocycles. The van der Waals surface area contributed by atoms with Crippen LogP contribution in [0.1, 0.15) is 16.2 Å². The van der Waals surface area contributed by atoms with E-state index in [9.17, 15) is 4.79 Å². The van der Waals surface area contributed by atoms with Crippen molar-refractivity contribution in [1.82, 2.24) is 15.0 Å². The molecule has 2 aromatic rings. The van der Waals surface area contributed by atoms with E-state index < -0.39 is 5.91 Å². The van der Waals surface area contributed by atoms with E-state index in [4.69, 9.17) is 11.5 Å². The molecule has 0 unspecified atom stereocenters. The summed E-state index contributed by atoms with van der Waals surface area (Å²) < 4.78 is 0. The standard InChI is InChI=1S/C10H12N6O/c11-6-3-7(9(12)17)10(15-4-6)16-5-8-13-1-2-14-8/h1-4H,5,11H2,(H2,12,17)(H,13,14)(H,15,16). The fraction of sp³-hybridized carbons (Fsp3) is 0.100. The maximum atomic E-state index is 11.2. The fourth-order valence-corrected chi connectivity index (χ4v) is 1.37. The summed E-state index contributed by atoms with van der Waals surface area (Å²) in [4.78, 5) is 22.2. The highest BCUT2D eigenvalue weighted by molar-refractivity contribution is 5.98. The molecule has 88 valence electrons. The molecular formula is C10H12N6O. The van der Waals surface area contributed by atoms with Crippen molar-refractivity contribution in [3.8, 4) is 0 Å². The number of nitrogens with two attached hydrogens (primary N) is 2. The highest BCUT2D eigenvalue weighted by Gasteiger charge is 2.10. The largest absolute Gasteiger partial charge is 0.397 e. The second kappa shape index (κ2) is 4.52. The van der Waals surface area contributed by atoms with Crippen LogP contribution < -0.4 is 16.8 Å². The van der Waals surface area contributed by atoms with Crippen LogP contribution in [0.25, 0.3) is 0 Å². The van der Waals surface area contributed by atoms with Crippen molar-refractivity contribution >= 4 is 17.4 Å². The SMILES string of the molecule is NC(=O)c1cc(N)cnc1NCc1ncc[nH]1. The van der Waals surface area contributed by atoms with Crippen LogP contribution >= 0.6 is 0 Å². The van der Waals surface area contributed by atoms with Crippen LogP contribution in [0.3, 0.4) is 0 Å². The minimum atomic E-state index is -0.577. The number of rotatable bonds is 4. The van der Waals surface area contributed by atoms with Gasteiger partial charge in [-0.05, 0) is 6.07 Å². The van der Waals surface area contributed by atoms with Gasteiger partial charge >= 0.3 is 0 Å². The van der Waals surface area contributed by atoms with Crippen LogP contribution in [0.5, 0.6) is 0 Å². The molecule has 17 heavy (non-hydrogen) atoms. The number of imidazole rings is 1. The number of amides is 1. The van der Waals surface area contributed by atoms with Crippen molar-refractivity contribution in [2.45, 2.75) is 6.54 Å². The van der Waals surface area contributed by atoms with Crippen molar-refractivity contribution in [1.29, 1.82) is 0 Å². The highest BCUT2D eigenvalue weighted by atomic mass is 16.1. The molecule has 2 rings (SSSR count). The fourth-order valence-electron chi connectivity index (χ4n) is 1.37. The first-order valence-electron chi connectivity index (χ1n) is 4.94. The van der Waals surface area contributed by atoms with Gasteiger partial charge in [-0.25, -0.2) is 9.97 Å². The van der Waals surface area contributed by atoms with Gasteiger partial charge < -0.3 is 21.8 Å². The normalized spacial score (nSPS) is 10.1. The average molecular weight is 232 g/mol. The van der Waals surface area contributed by atoms with Gasteiger partial charge in [-0.1, -0.05) is 0 Å². The number of H-pyrrole nitrogens is 1. The molecule has 1 amide bonds. The van der Waals surface area contributed by atoms with E-state index >= 15 is 0 Å². The summed E-state index contributed by atoms with van der Waals surface area (Å²) in [7, 11) is 0. The van der Waals surface area contributed by atoms with Gasteiger partial charge in [-0.3, -0.25) is 4.79 Å². The monoisotopic (exact) mass is 232 g/mol. The molecule has 2 heterocycles. The first-order chi connectivity index (χ1) is 8.16. The van der Waals surface area contributed by atoms with Crippen molar-refractivity contribution in [2.24, 2.45) is 5.73 Å². The third kappa shape index (κ3) is 2.51. The van der Waals surface area contributed by atoms with Crippen LogP contribution in [0, 0.1) is 0 Å². The smallest absolute Gasteiger partial charge is 0.252 e. The maximum Gasteiger partial charge on any atom is 0.252 e. The number of pyridine rings is 1. The summed E-state index contributed by atoms with van der Waals surface area (Å²) in [6.45, 7) is 0.421. The number of anilines is 2. The number of aromatic amines is 1. The third-order valence-corrected chi connectivity index (χ3v) is 2.15. The zero-order chi connectivity index (χ0) is 12.3. The number of hydrogen-bond acceptors (Lipinski definition) is 5. The second-order valence-electron chi connectivity index (χ2n) is 3.42. The molecule has 0 spiro atoms. The van der Waals surface area contributed by atoms with Crippen LogP contribution in [-0.2, 0) is 6.54 Å². The molecule has 0 bridgehead atoms. The highest BCUT2D eigenvalue weighted by Crippen LogP contribution is 2.15. The summed E-state index contributed by atoms with van der Waals surface area (Å²) in [5.74, 6) is 0.550. The molecule has 0 fully saturated rings. The zero-order valence-electron chi connectivity index (χ0n) is 8.97. The quantitative estimate of drug-likeness (QED) is 0.595. The van der Waals surface area contributed by atoms with Crippen molar-refractivity contribution in [3.05, 3.63) is 36.0 Å². The Morgan fingerprint density at radius 3 is 2.94 bits per heavy atom. The van der Waals surface area contributed by atoms with Crippen molar-refractivity contribution < 1.29 is 4.79 Å². The van der Waals surface area contributed by atoms with Crippen molar-refractivity contribution in [2.75, 3.05) is 11.1 Å². The lowest BCUT2D eigenvalue weighted by molar-refractivity contribution is 0.100. The van der Waals surface area contributed by atoms with E-state index in [1.165, 1.54) is 12.3 Å². The van der Waals surface area contributed by atoms with Gasteiger partial charge in [-0.2, -0.15) is 0 Å². The minimum absolute atomic E-state index is 0.261. The van der Waals surface area contributed by atoms with Gasteiger partial charge in [0.15, 0.2) is 0 Å². The second-order valence-corrected chi connectivity index (χ2v) is 3.42. The van der Waals surface area contributed by atoms with E-state index in [0.717, 1.165) is 5.82 Å². The average Bonchev–Trinajstić information content (AvgIpc) is 2.80. The number of aromatic nitrogens is 3. The van der Waals surface area contributed by atoms with Gasteiger partial charge in [0.2, 0.25) is 0 Å². The molecular weight excluding hydrogens is 220 g/mol. The van der Waals surface area contributed by atoms with Crippen LogP contribution in [-0.4, -0.2) is 20.9 Å². The Balaban J connectivity index is 2.17. The first-order valence-corrected chi connectivity index (χ1v) is 4.94. The molecule has 0 aliphatic heterocycles. The minimum Gasteiger partial charge on any atom is -0.397 e. The Hall–Kier alpha value is -2.57. The van der Waals surface area contributed by atoms with E-state index in [-0.39, 0.29) is 5.56 Å². The molecule has 0 saturated heterocycles. The predicted molar refractivity (Wildman–Crippen MR) is 63.1 cm³/mol. The van der Waals surface area contributed by atoms with Crippen LogP contribution in [0.15, 0.2) is 24.7 Å². The summed E-state index contributed by atoms with van der Waals surface area (Å²) in [6.07, 6.45) is 4.81. The molecule has 6 N–H and O–H groups in total. The number of nitrogens with zero attached hydrogens (tertiary/aromatic N) is 2. The third-order valence-electron chi connectivity index (χ3n) is 2.15. The van der Waals surface area contributed by atoms with E-state index in [0.29, 0.717) is 18.1 Å². The van der Waals surface area contributed by atoms with Gasteiger partial charge in [0.25, 0.3) is 5.91 Å².